The maximum atomic E-state index is 13.4. The number of rotatable bonds is 4. The number of thiophene rings is 1. The van der Waals surface area contributed by atoms with E-state index in [-0.39, 0.29) is 17.5 Å². The van der Waals surface area contributed by atoms with E-state index >= 15 is 0 Å². The number of piperidine rings is 1. The van der Waals surface area contributed by atoms with Crippen molar-refractivity contribution in [1.29, 1.82) is 0 Å². The highest BCUT2D eigenvalue weighted by atomic mass is 32.1. The number of nitrogens with one attached hydrogen (secondary N) is 1. The van der Waals surface area contributed by atoms with E-state index in [1.54, 1.807) is 0 Å². The van der Waals surface area contributed by atoms with Gasteiger partial charge in [0.25, 0.3) is 17.5 Å². The number of carbonyl (C=O) groups is 2. The molecule has 8 heteroatoms. The first kappa shape index (κ1) is 20.5. The molecular formula is C22H25N3O4S. The fourth-order valence-corrected chi connectivity index (χ4v) is 5.50. The van der Waals surface area contributed by atoms with Crippen molar-refractivity contribution in [2.75, 3.05) is 18.4 Å². The summed E-state index contributed by atoms with van der Waals surface area (Å²) in [6.45, 7) is 1.53. The van der Waals surface area contributed by atoms with E-state index in [1.807, 2.05) is 4.90 Å². The highest BCUT2D eigenvalue weighted by Gasteiger charge is 2.29. The predicted molar refractivity (Wildman–Crippen MR) is 116 cm³/mol. The Hall–Kier alpha value is -2.74. The number of benzene rings is 1. The Labute approximate surface area is 179 Å². The summed E-state index contributed by atoms with van der Waals surface area (Å²) in [4.78, 5) is 39.7. The normalized spacial score (nSPS) is 16.5. The lowest BCUT2D eigenvalue weighted by molar-refractivity contribution is -0.384. The van der Waals surface area contributed by atoms with Gasteiger partial charge in [0.1, 0.15) is 5.00 Å². The molecule has 0 radical (unpaired) electrons. The van der Waals surface area contributed by atoms with Crippen LogP contribution in [-0.4, -0.2) is 34.7 Å². The Morgan fingerprint density at radius 1 is 0.967 bits per heavy atom. The van der Waals surface area contributed by atoms with E-state index in [1.165, 1.54) is 40.5 Å². The highest BCUT2D eigenvalue weighted by molar-refractivity contribution is 7.17. The fourth-order valence-electron chi connectivity index (χ4n) is 4.22. The molecule has 2 aliphatic rings. The van der Waals surface area contributed by atoms with Crippen molar-refractivity contribution in [2.45, 2.75) is 51.4 Å². The zero-order chi connectivity index (χ0) is 21.1. The lowest BCUT2D eigenvalue weighted by Crippen LogP contribution is -2.36. The summed E-state index contributed by atoms with van der Waals surface area (Å²) in [7, 11) is 0. The Morgan fingerprint density at radius 3 is 2.33 bits per heavy atom. The molecule has 1 saturated heterocycles. The number of likely N-dealkylation sites (tertiary alicyclic amines) is 1. The summed E-state index contributed by atoms with van der Waals surface area (Å²) >= 11 is 1.51. The average Bonchev–Trinajstić information content (AvgIpc) is 2.93. The number of hydrogen-bond donors (Lipinski definition) is 1. The summed E-state index contributed by atoms with van der Waals surface area (Å²) in [5.41, 5.74) is 2.04. The molecule has 7 nitrogen and oxygen atoms in total. The largest absolute Gasteiger partial charge is 0.339 e. The van der Waals surface area contributed by atoms with Gasteiger partial charge in [0, 0.05) is 35.7 Å². The highest BCUT2D eigenvalue weighted by Crippen LogP contribution is 2.39. The van der Waals surface area contributed by atoms with Crippen LogP contribution in [0.4, 0.5) is 10.7 Å². The zero-order valence-electron chi connectivity index (χ0n) is 16.8. The number of amides is 2. The Morgan fingerprint density at radius 2 is 1.63 bits per heavy atom. The second-order valence-electron chi connectivity index (χ2n) is 7.88. The minimum atomic E-state index is -0.493. The van der Waals surface area contributed by atoms with Crippen LogP contribution >= 0.6 is 11.3 Å². The number of non-ortho nitro benzene ring substituents is 1. The van der Waals surface area contributed by atoms with Gasteiger partial charge >= 0.3 is 0 Å². The minimum Gasteiger partial charge on any atom is -0.339 e. The van der Waals surface area contributed by atoms with Crippen LogP contribution < -0.4 is 5.32 Å². The van der Waals surface area contributed by atoms with Crippen molar-refractivity contribution in [3.63, 3.8) is 0 Å². The molecule has 0 unspecified atom stereocenters. The second kappa shape index (κ2) is 8.95. The minimum absolute atomic E-state index is 0.0214. The predicted octanol–water partition coefficient (Wildman–Crippen LogP) is 4.80. The van der Waals surface area contributed by atoms with Crippen LogP contribution in [-0.2, 0) is 12.8 Å². The van der Waals surface area contributed by atoms with Crippen molar-refractivity contribution >= 4 is 33.8 Å². The van der Waals surface area contributed by atoms with Gasteiger partial charge in [-0.2, -0.15) is 0 Å². The smallest absolute Gasteiger partial charge is 0.269 e. The van der Waals surface area contributed by atoms with Gasteiger partial charge in [-0.05, 0) is 62.6 Å². The summed E-state index contributed by atoms with van der Waals surface area (Å²) in [5, 5.41) is 14.4. The molecule has 158 valence electrons. The number of carbonyl (C=O) groups excluding carboxylic acids is 2. The van der Waals surface area contributed by atoms with Gasteiger partial charge in [-0.1, -0.05) is 6.42 Å². The molecule has 1 aliphatic heterocycles. The van der Waals surface area contributed by atoms with Crippen LogP contribution in [0.15, 0.2) is 24.3 Å². The number of aryl methyl sites for hydroxylation is 1. The monoisotopic (exact) mass is 427 g/mol. The van der Waals surface area contributed by atoms with Crippen LogP contribution in [0.1, 0.15) is 69.7 Å². The van der Waals surface area contributed by atoms with Crippen LogP contribution in [0, 0.1) is 10.1 Å². The molecule has 30 heavy (non-hydrogen) atoms. The first-order chi connectivity index (χ1) is 14.5. The quantitative estimate of drug-likeness (QED) is 0.431. The summed E-state index contributed by atoms with van der Waals surface area (Å²) in [6.07, 6.45) is 8.30. The van der Waals surface area contributed by atoms with Gasteiger partial charge in [0.15, 0.2) is 0 Å². The molecule has 2 amide bonds. The van der Waals surface area contributed by atoms with E-state index in [2.05, 4.69) is 5.32 Å². The second-order valence-corrected chi connectivity index (χ2v) is 8.98. The maximum Gasteiger partial charge on any atom is 0.269 e. The van der Waals surface area contributed by atoms with Gasteiger partial charge in [-0.25, -0.2) is 0 Å². The van der Waals surface area contributed by atoms with E-state index in [0.29, 0.717) is 16.1 Å². The summed E-state index contributed by atoms with van der Waals surface area (Å²) < 4.78 is 0. The number of nitro benzene ring substituents is 1. The van der Waals surface area contributed by atoms with Gasteiger partial charge in [-0.15, -0.1) is 11.3 Å². The first-order valence-corrected chi connectivity index (χ1v) is 11.4. The third-order valence-corrected chi connectivity index (χ3v) is 7.05. The van der Waals surface area contributed by atoms with E-state index in [0.717, 1.165) is 70.0 Å². The molecule has 1 fully saturated rings. The topological polar surface area (TPSA) is 92.6 Å². The Kier molecular flexibility index (Phi) is 6.13. The molecule has 0 spiro atoms. The lowest BCUT2D eigenvalue weighted by atomic mass is 10.0. The third kappa shape index (κ3) is 4.23. The van der Waals surface area contributed by atoms with E-state index in [9.17, 15) is 19.7 Å². The molecule has 1 aliphatic carbocycles. The van der Waals surface area contributed by atoms with Crippen LogP contribution in [0.2, 0.25) is 0 Å². The Bertz CT molecular complexity index is 962. The van der Waals surface area contributed by atoms with Gasteiger partial charge in [0.05, 0.1) is 10.5 Å². The van der Waals surface area contributed by atoms with Crippen molar-refractivity contribution in [1.82, 2.24) is 4.90 Å². The number of nitro groups is 1. The zero-order valence-corrected chi connectivity index (χ0v) is 17.6. The molecule has 4 rings (SSSR count). The van der Waals surface area contributed by atoms with Crippen molar-refractivity contribution < 1.29 is 14.5 Å². The average molecular weight is 428 g/mol. The SMILES string of the molecule is O=C(Nc1sc2c(c1C(=O)N1CCCCC1)CCCCC2)c1ccc([N+](=O)[O-])cc1. The molecule has 1 aromatic heterocycles. The molecule has 1 aromatic carbocycles. The maximum absolute atomic E-state index is 13.4. The first-order valence-electron chi connectivity index (χ1n) is 10.5. The van der Waals surface area contributed by atoms with Gasteiger partial charge < -0.3 is 10.2 Å². The number of hydrogen-bond acceptors (Lipinski definition) is 5. The molecule has 1 N–H and O–H groups in total. The molecule has 0 atom stereocenters. The third-order valence-electron chi connectivity index (χ3n) is 5.85. The molecule has 2 aromatic rings. The molecule has 0 bridgehead atoms. The van der Waals surface area contributed by atoms with Crippen LogP contribution in [0.5, 0.6) is 0 Å². The van der Waals surface area contributed by atoms with Crippen molar-refractivity contribution in [3.8, 4) is 0 Å². The molecule has 0 saturated carbocycles. The summed E-state index contributed by atoms with van der Waals surface area (Å²) in [6, 6.07) is 5.52. The van der Waals surface area contributed by atoms with Crippen molar-refractivity contribution in [2.24, 2.45) is 0 Å². The summed E-state index contributed by atoms with van der Waals surface area (Å²) in [5.74, 6) is -0.331. The number of nitrogens with zero attached hydrogens (tertiary/aromatic N) is 2. The molecule has 2 heterocycles. The van der Waals surface area contributed by atoms with E-state index < -0.39 is 4.92 Å². The van der Waals surface area contributed by atoms with Crippen LogP contribution in [0.25, 0.3) is 0 Å². The standard InChI is InChI=1S/C22H25N3O4S/c26-20(15-9-11-16(12-10-15)25(28)29)23-21-19(22(27)24-13-5-2-6-14-24)17-7-3-1-4-8-18(17)30-21/h9-12H,1-8,13-14H2,(H,23,26). The van der Waals surface area contributed by atoms with Gasteiger partial charge in [0.2, 0.25) is 0 Å². The number of fused-ring (bicyclic) bond motifs is 1. The van der Waals surface area contributed by atoms with Crippen molar-refractivity contribution in [3.05, 3.63) is 55.9 Å². The lowest BCUT2D eigenvalue weighted by Gasteiger charge is -2.27. The van der Waals surface area contributed by atoms with Gasteiger partial charge in [-0.3, -0.25) is 19.7 Å². The number of anilines is 1. The van der Waals surface area contributed by atoms with E-state index in [4.69, 9.17) is 0 Å². The van der Waals surface area contributed by atoms with Crippen LogP contribution in [0.3, 0.4) is 0 Å². The Balaban J connectivity index is 1.64. The molecular weight excluding hydrogens is 402 g/mol. The fraction of sp³-hybridized carbons (Fsp3) is 0.455.